The standard InChI is InChI=1S/C11H16N4O3/c1-6(2)14-9(16)5-13-10-7(12)3-4-8(15-10)11(17)18/h3-4,6H,5,12H2,1-2H3,(H,13,15)(H,14,16)(H,17,18). The van der Waals surface area contributed by atoms with Crippen molar-refractivity contribution in [3.05, 3.63) is 17.8 Å². The minimum Gasteiger partial charge on any atom is -0.477 e. The van der Waals surface area contributed by atoms with Crippen LogP contribution in [0.15, 0.2) is 12.1 Å². The minimum absolute atomic E-state index is 0.0154. The largest absolute Gasteiger partial charge is 0.477 e. The van der Waals surface area contributed by atoms with Crippen LogP contribution in [-0.2, 0) is 4.79 Å². The highest BCUT2D eigenvalue weighted by Crippen LogP contribution is 2.15. The van der Waals surface area contributed by atoms with Gasteiger partial charge in [0.15, 0.2) is 11.5 Å². The van der Waals surface area contributed by atoms with E-state index >= 15 is 0 Å². The zero-order valence-corrected chi connectivity index (χ0v) is 10.2. The first-order valence-corrected chi connectivity index (χ1v) is 5.43. The Hall–Kier alpha value is -2.31. The number of nitrogen functional groups attached to an aromatic ring is 1. The maximum Gasteiger partial charge on any atom is 0.354 e. The lowest BCUT2D eigenvalue weighted by atomic mass is 10.3. The molecular weight excluding hydrogens is 236 g/mol. The summed E-state index contributed by atoms with van der Waals surface area (Å²) in [5.74, 6) is -1.18. The summed E-state index contributed by atoms with van der Waals surface area (Å²) in [6, 6.07) is 2.77. The van der Waals surface area contributed by atoms with E-state index in [2.05, 4.69) is 15.6 Å². The molecule has 7 heteroatoms. The molecule has 0 radical (unpaired) electrons. The Kier molecular flexibility index (Phi) is 4.47. The van der Waals surface area contributed by atoms with E-state index in [1.54, 1.807) is 0 Å². The highest BCUT2D eigenvalue weighted by molar-refractivity contribution is 5.87. The van der Waals surface area contributed by atoms with Crippen LogP contribution in [0.25, 0.3) is 0 Å². The van der Waals surface area contributed by atoms with Gasteiger partial charge < -0.3 is 21.5 Å². The van der Waals surface area contributed by atoms with Crippen LogP contribution >= 0.6 is 0 Å². The third-order valence-corrected chi connectivity index (χ3v) is 2.01. The smallest absolute Gasteiger partial charge is 0.354 e. The maximum atomic E-state index is 11.4. The van der Waals surface area contributed by atoms with E-state index in [4.69, 9.17) is 10.8 Å². The number of amides is 1. The van der Waals surface area contributed by atoms with Gasteiger partial charge in [0, 0.05) is 6.04 Å². The Balaban J connectivity index is 2.69. The molecule has 1 aromatic rings. The van der Waals surface area contributed by atoms with Gasteiger partial charge in [-0.05, 0) is 26.0 Å². The van der Waals surface area contributed by atoms with Crippen LogP contribution in [0.4, 0.5) is 11.5 Å². The molecule has 0 saturated carbocycles. The molecule has 0 bridgehead atoms. The summed E-state index contributed by atoms with van der Waals surface area (Å²) in [6.45, 7) is 3.67. The number of pyridine rings is 1. The van der Waals surface area contributed by atoms with Gasteiger partial charge in [0.25, 0.3) is 0 Å². The first kappa shape index (κ1) is 13.8. The van der Waals surface area contributed by atoms with Crippen molar-refractivity contribution in [3.8, 4) is 0 Å². The number of aromatic carboxylic acids is 1. The van der Waals surface area contributed by atoms with E-state index in [9.17, 15) is 9.59 Å². The third kappa shape index (κ3) is 3.93. The molecule has 0 aliphatic rings. The minimum atomic E-state index is -1.15. The second-order valence-electron chi connectivity index (χ2n) is 4.02. The molecule has 0 atom stereocenters. The summed E-state index contributed by atoms with van der Waals surface area (Å²) < 4.78 is 0. The van der Waals surface area contributed by atoms with Gasteiger partial charge in [0.05, 0.1) is 12.2 Å². The number of carbonyl (C=O) groups excluding carboxylic acids is 1. The van der Waals surface area contributed by atoms with Crippen molar-refractivity contribution >= 4 is 23.4 Å². The van der Waals surface area contributed by atoms with Crippen molar-refractivity contribution in [2.24, 2.45) is 0 Å². The second kappa shape index (κ2) is 5.85. The molecule has 0 fully saturated rings. The summed E-state index contributed by atoms with van der Waals surface area (Å²) in [5, 5.41) is 14.2. The van der Waals surface area contributed by atoms with E-state index in [0.29, 0.717) is 0 Å². The number of hydrogen-bond donors (Lipinski definition) is 4. The molecule has 0 saturated heterocycles. The number of carbonyl (C=O) groups is 2. The van der Waals surface area contributed by atoms with Gasteiger partial charge in [0.1, 0.15) is 0 Å². The predicted octanol–water partition coefficient (Wildman–Crippen LogP) is 0.299. The zero-order chi connectivity index (χ0) is 13.7. The summed E-state index contributed by atoms with van der Waals surface area (Å²) in [4.78, 5) is 25.9. The van der Waals surface area contributed by atoms with Gasteiger partial charge in [0.2, 0.25) is 5.91 Å². The fourth-order valence-corrected chi connectivity index (χ4v) is 1.27. The number of carboxylic acid groups (broad SMARTS) is 1. The van der Waals surface area contributed by atoms with E-state index in [1.165, 1.54) is 12.1 Å². The van der Waals surface area contributed by atoms with Crippen LogP contribution in [0.5, 0.6) is 0 Å². The van der Waals surface area contributed by atoms with Gasteiger partial charge in [-0.2, -0.15) is 0 Å². The summed E-state index contributed by atoms with van der Waals surface area (Å²) in [5.41, 5.74) is 5.79. The van der Waals surface area contributed by atoms with Crippen LogP contribution < -0.4 is 16.4 Å². The molecule has 18 heavy (non-hydrogen) atoms. The van der Waals surface area contributed by atoms with Crippen molar-refractivity contribution in [3.63, 3.8) is 0 Å². The lowest BCUT2D eigenvalue weighted by Gasteiger charge is -2.11. The van der Waals surface area contributed by atoms with Crippen molar-refractivity contribution in [2.75, 3.05) is 17.6 Å². The van der Waals surface area contributed by atoms with Crippen LogP contribution in [0.2, 0.25) is 0 Å². The summed E-state index contributed by atoms with van der Waals surface area (Å²) >= 11 is 0. The highest BCUT2D eigenvalue weighted by Gasteiger charge is 2.10. The Morgan fingerprint density at radius 1 is 1.44 bits per heavy atom. The lowest BCUT2D eigenvalue weighted by molar-refractivity contribution is -0.119. The van der Waals surface area contributed by atoms with E-state index in [-0.39, 0.29) is 35.7 Å². The molecule has 1 rings (SSSR count). The second-order valence-corrected chi connectivity index (χ2v) is 4.02. The number of carboxylic acids is 1. The Labute approximate surface area is 104 Å². The molecule has 0 spiro atoms. The van der Waals surface area contributed by atoms with E-state index in [1.807, 2.05) is 13.8 Å². The molecule has 5 N–H and O–H groups in total. The molecule has 0 unspecified atom stereocenters. The monoisotopic (exact) mass is 252 g/mol. The van der Waals surface area contributed by atoms with Crippen LogP contribution in [0.3, 0.4) is 0 Å². The van der Waals surface area contributed by atoms with E-state index < -0.39 is 5.97 Å². The third-order valence-electron chi connectivity index (χ3n) is 2.01. The van der Waals surface area contributed by atoms with Gasteiger partial charge in [-0.25, -0.2) is 9.78 Å². The number of nitrogens with zero attached hydrogens (tertiary/aromatic N) is 1. The average molecular weight is 252 g/mol. The van der Waals surface area contributed by atoms with Crippen LogP contribution in [0.1, 0.15) is 24.3 Å². The molecule has 1 heterocycles. The number of aromatic nitrogens is 1. The van der Waals surface area contributed by atoms with Crippen molar-refractivity contribution in [1.29, 1.82) is 0 Å². The maximum absolute atomic E-state index is 11.4. The molecule has 0 aliphatic carbocycles. The summed E-state index contributed by atoms with van der Waals surface area (Å²) in [7, 11) is 0. The topological polar surface area (TPSA) is 117 Å². The average Bonchev–Trinajstić information content (AvgIpc) is 2.26. The summed E-state index contributed by atoms with van der Waals surface area (Å²) in [6.07, 6.45) is 0. The highest BCUT2D eigenvalue weighted by atomic mass is 16.4. The number of hydrogen-bond acceptors (Lipinski definition) is 5. The lowest BCUT2D eigenvalue weighted by Crippen LogP contribution is -2.35. The Morgan fingerprint density at radius 2 is 2.11 bits per heavy atom. The Bertz CT molecular complexity index is 460. The first-order valence-electron chi connectivity index (χ1n) is 5.43. The predicted molar refractivity (Wildman–Crippen MR) is 67.4 cm³/mol. The van der Waals surface area contributed by atoms with Crippen LogP contribution in [0, 0.1) is 0 Å². The molecular formula is C11H16N4O3. The van der Waals surface area contributed by atoms with Crippen molar-refractivity contribution < 1.29 is 14.7 Å². The number of nitrogens with two attached hydrogens (primary N) is 1. The molecule has 1 aromatic heterocycles. The zero-order valence-electron chi connectivity index (χ0n) is 10.2. The molecule has 0 aromatic carbocycles. The fraction of sp³-hybridized carbons (Fsp3) is 0.364. The number of nitrogens with one attached hydrogen (secondary N) is 2. The van der Waals surface area contributed by atoms with Gasteiger partial charge in [-0.1, -0.05) is 0 Å². The quantitative estimate of drug-likeness (QED) is 0.598. The molecule has 7 nitrogen and oxygen atoms in total. The molecule has 1 amide bonds. The van der Waals surface area contributed by atoms with Crippen molar-refractivity contribution in [1.82, 2.24) is 10.3 Å². The van der Waals surface area contributed by atoms with Gasteiger partial charge >= 0.3 is 5.97 Å². The fourth-order valence-electron chi connectivity index (χ4n) is 1.27. The SMILES string of the molecule is CC(C)NC(=O)CNc1nc(C(=O)O)ccc1N. The molecule has 98 valence electrons. The number of rotatable bonds is 5. The van der Waals surface area contributed by atoms with E-state index in [0.717, 1.165) is 0 Å². The Morgan fingerprint density at radius 3 is 2.67 bits per heavy atom. The van der Waals surface area contributed by atoms with Gasteiger partial charge in [-0.3, -0.25) is 4.79 Å². The molecule has 0 aliphatic heterocycles. The van der Waals surface area contributed by atoms with Crippen molar-refractivity contribution in [2.45, 2.75) is 19.9 Å². The number of anilines is 2. The normalized spacial score (nSPS) is 10.2. The van der Waals surface area contributed by atoms with Gasteiger partial charge in [-0.15, -0.1) is 0 Å². The first-order chi connectivity index (χ1) is 8.40. The van der Waals surface area contributed by atoms with Crippen LogP contribution in [-0.4, -0.2) is 34.6 Å².